The van der Waals surface area contributed by atoms with Gasteiger partial charge in [0.15, 0.2) is 11.9 Å². The molecule has 0 radical (unpaired) electrons. The van der Waals surface area contributed by atoms with Gasteiger partial charge in [-0.05, 0) is 69.8 Å². The van der Waals surface area contributed by atoms with Crippen LogP contribution >= 0.6 is 0 Å². The molecular formula is C59H81NO20. The lowest BCUT2D eigenvalue weighted by Gasteiger charge is -2.53. The van der Waals surface area contributed by atoms with Gasteiger partial charge in [0.25, 0.3) is 11.8 Å². The van der Waals surface area contributed by atoms with Gasteiger partial charge in [-0.1, -0.05) is 77.0 Å². The normalized spacial score (nSPS) is 34.4. The number of fused-ring (bicyclic) bond motifs is 6. The third-order valence-electron chi connectivity index (χ3n) is 16.2. The minimum Gasteiger partial charge on any atom is -0.466 e. The predicted molar refractivity (Wildman–Crippen MR) is 284 cm³/mol. The Kier molecular flexibility index (Phi) is 21.6. The Morgan fingerprint density at radius 1 is 0.812 bits per heavy atom. The maximum atomic E-state index is 14.2. The second-order valence-corrected chi connectivity index (χ2v) is 23.0. The maximum Gasteiger partial charge on any atom is 0.331 e. The number of aliphatic hydroxyl groups is 3. The van der Waals surface area contributed by atoms with Crippen LogP contribution in [0.2, 0.25) is 0 Å². The number of unbranched alkanes of at least 4 members (excludes halogenated alkanes) is 1. The van der Waals surface area contributed by atoms with Gasteiger partial charge in [-0.3, -0.25) is 28.9 Å². The second kappa shape index (κ2) is 27.3. The van der Waals surface area contributed by atoms with Gasteiger partial charge < -0.3 is 58.0 Å². The van der Waals surface area contributed by atoms with E-state index in [1.165, 1.54) is 50.2 Å². The predicted octanol–water partition coefficient (Wildman–Crippen LogP) is 5.56. The van der Waals surface area contributed by atoms with Crippen LogP contribution in [0.1, 0.15) is 138 Å². The van der Waals surface area contributed by atoms with E-state index in [2.05, 4.69) is 0 Å². The van der Waals surface area contributed by atoms with Crippen molar-refractivity contribution in [1.82, 2.24) is 4.90 Å². The molecule has 3 saturated heterocycles. The van der Waals surface area contributed by atoms with Gasteiger partial charge in [0.05, 0.1) is 62.5 Å². The summed E-state index contributed by atoms with van der Waals surface area (Å²) >= 11 is 0. The zero-order valence-corrected chi connectivity index (χ0v) is 47.5. The lowest BCUT2D eigenvalue weighted by molar-refractivity contribution is -0.348. The molecule has 0 aromatic heterocycles. The lowest BCUT2D eigenvalue weighted by atomic mass is 9.70. The van der Waals surface area contributed by atoms with E-state index in [-0.39, 0.29) is 74.8 Å². The van der Waals surface area contributed by atoms with E-state index in [4.69, 9.17) is 42.6 Å². The Morgan fingerprint density at radius 3 is 2.14 bits per heavy atom. The highest BCUT2D eigenvalue weighted by Crippen LogP contribution is 2.50. The summed E-state index contributed by atoms with van der Waals surface area (Å²) in [7, 11) is 2.38. The Bertz CT molecular complexity index is 2460. The highest BCUT2D eigenvalue weighted by molar-refractivity contribution is 6.12. The number of cyclic esters (lactones) is 1. The summed E-state index contributed by atoms with van der Waals surface area (Å²) in [6.07, 6.45) is 5.72. The third kappa shape index (κ3) is 16.0. The van der Waals surface area contributed by atoms with Crippen LogP contribution in [0.5, 0.6) is 0 Å². The van der Waals surface area contributed by atoms with E-state index in [1.807, 2.05) is 13.0 Å². The summed E-state index contributed by atoms with van der Waals surface area (Å²) in [5.41, 5.74) is -2.27. The minimum atomic E-state index is -2.56. The first-order valence-corrected chi connectivity index (χ1v) is 27.7. The molecule has 5 heterocycles. The topological polar surface area (TPSA) is 284 Å². The number of imide groups is 1. The van der Waals surface area contributed by atoms with Crippen molar-refractivity contribution in [1.29, 1.82) is 0 Å². The third-order valence-corrected chi connectivity index (χ3v) is 16.2. The minimum absolute atomic E-state index is 0.0235. The molecule has 80 heavy (non-hydrogen) atoms. The fraction of sp³-hybridized carbons (Fsp3) is 0.661. The molecular weight excluding hydrogens is 1040 g/mol. The molecule has 4 fully saturated rings. The van der Waals surface area contributed by atoms with Gasteiger partial charge in [0.1, 0.15) is 18.3 Å². The number of hydrogen-bond donors (Lipinski definition) is 3. The quantitative estimate of drug-likeness (QED) is 0.0508. The molecule has 0 aromatic rings. The molecule has 11 atom stereocenters. The average molecular weight is 1120 g/mol. The number of amides is 2. The fourth-order valence-corrected chi connectivity index (χ4v) is 11.4. The molecule has 442 valence electrons. The molecule has 6 bridgehead atoms. The number of carbonyl (C=O) groups is 8. The summed E-state index contributed by atoms with van der Waals surface area (Å²) < 4.78 is 53.9. The van der Waals surface area contributed by atoms with Crippen molar-refractivity contribution < 1.29 is 96.3 Å². The van der Waals surface area contributed by atoms with E-state index in [0.29, 0.717) is 31.3 Å². The van der Waals surface area contributed by atoms with Crippen LogP contribution in [0.4, 0.5) is 0 Å². The SMILES string of the molecule is CCCC=CC=CC(=O)OC1C(=CC(=O)OC)CC2CC(C(C)OC(=O)C3CCC(CN4C(=O)C=CC4=O)CC3)OC(=O)CC(O)CC3CC(OC(C)=O)C(C)(C)C(O)(CC4CC(=CC(=O)OC)CC(C=CC(C)(C)C1(O)O2)O4)O3. The molecule has 0 spiro atoms. The van der Waals surface area contributed by atoms with Crippen LogP contribution < -0.4 is 0 Å². The Hall–Kier alpha value is -5.84. The van der Waals surface area contributed by atoms with E-state index < -0.39 is 125 Å². The number of ether oxygens (including phenoxy) is 9. The van der Waals surface area contributed by atoms with Crippen molar-refractivity contribution in [2.75, 3.05) is 20.8 Å². The van der Waals surface area contributed by atoms with Gasteiger partial charge in [0.2, 0.25) is 5.79 Å². The van der Waals surface area contributed by atoms with Crippen LogP contribution in [0.25, 0.3) is 0 Å². The monoisotopic (exact) mass is 1120 g/mol. The molecule has 11 unspecified atom stereocenters. The number of hydrogen-bond acceptors (Lipinski definition) is 20. The van der Waals surface area contributed by atoms with Gasteiger partial charge in [-0.25, -0.2) is 14.4 Å². The molecule has 21 nitrogen and oxygen atoms in total. The standard InChI is InChI=1S/C59H81NO20/c1-10-11-12-13-14-15-50(65)78-54-40(28-52(67)73-9)27-43-31-46(35(2)74-55(69)39-18-16-37(17-19-39)34-60-48(63)20-21-49(60)64)77-53(68)30-41(62)29-44-32-47(75-36(3)61)57(6,7)58(70,79-44)33-45-25-38(26-51(66)72-8)24-42(76-45)22-23-56(4,5)59(54,71)80-43/h12-15,20-23,26,28,35,37,39,41-47,54,62,70-71H,10-11,16-19,24-25,27,29-34H2,1-9H3. The summed E-state index contributed by atoms with van der Waals surface area (Å²) in [6, 6.07) is 0. The lowest BCUT2D eigenvalue weighted by Crippen LogP contribution is -2.62. The number of rotatable bonds is 13. The van der Waals surface area contributed by atoms with Crippen molar-refractivity contribution >= 4 is 47.6 Å². The highest BCUT2D eigenvalue weighted by atomic mass is 16.7. The average Bonchev–Trinajstić information content (AvgIpc) is 3.84. The van der Waals surface area contributed by atoms with Gasteiger partial charge >= 0.3 is 35.8 Å². The van der Waals surface area contributed by atoms with Crippen LogP contribution in [0, 0.1) is 22.7 Å². The number of methoxy groups -OCH3 is 2. The summed E-state index contributed by atoms with van der Waals surface area (Å²) in [6.45, 7) is 11.5. The first-order chi connectivity index (χ1) is 37.7. The van der Waals surface area contributed by atoms with E-state index in [9.17, 15) is 53.7 Å². The second-order valence-electron chi connectivity index (χ2n) is 23.0. The summed E-state index contributed by atoms with van der Waals surface area (Å²) in [4.78, 5) is 106. The van der Waals surface area contributed by atoms with Gasteiger partial charge in [-0.2, -0.15) is 0 Å². The first-order valence-electron chi connectivity index (χ1n) is 27.7. The van der Waals surface area contributed by atoms with Gasteiger partial charge in [-0.15, -0.1) is 0 Å². The molecule has 0 aromatic carbocycles. The van der Waals surface area contributed by atoms with Crippen LogP contribution in [-0.4, -0.2) is 155 Å². The molecule has 5 aliphatic heterocycles. The Balaban J connectivity index is 1.41. The number of esters is 6. The first kappa shape index (κ1) is 63.3. The smallest absolute Gasteiger partial charge is 0.331 e. The van der Waals surface area contributed by atoms with Crippen molar-refractivity contribution in [2.24, 2.45) is 22.7 Å². The fourth-order valence-electron chi connectivity index (χ4n) is 11.4. The summed E-state index contributed by atoms with van der Waals surface area (Å²) in [5.74, 6) is -10.6. The van der Waals surface area contributed by atoms with Crippen LogP contribution in [-0.2, 0) is 81.0 Å². The molecule has 21 heteroatoms. The highest BCUT2D eigenvalue weighted by Gasteiger charge is 2.60. The van der Waals surface area contributed by atoms with Crippen molar-refractivity contribution in [3.63, 3.8) is 0 Å². The molecule has 1 saturated carbocycles. The zero-order valence-electron chi connectivity index (χ0n) is 47.5. The summed E-state index contributed by atoms with van der Waals surface area (Å²) in [5, 5.41) is 37.6. The van der Waals surface area contributed by atoms with Crippen molar-refractivity contribution in [2.45, 2.75) is 205 Å². The molecule has 1 aliphatic carbocycles. The molecule has 6 rings (SSSR count). The largest absolute Gasteiger partial charge is 0.466 e. The van der Waals surface area contributed by atoms with Crippen molar-refractivity contribution in [3.8, 4) is 0 Å². The van der Waals surface area contributed by atoms with Crippen LogP contribution in [0.15, 0.2) is 71.9 Å². The number of aliphatic hydroxyl groups excluding tert-OH is 1. The molecule has 3 N–H and O–H groups in total. The Labute approximate surface area is 467 Å². The van der Waals surface area contributed by atoms with E-state index in [0.717, 1.165) is 32.1 Å². The Morgan fingerprint density at radius 2 is 1.49 bits per heavy atom. The van der Waals surface area contributed by atoms with Crippen molar-refractivity contribution in [3.05, 3.63) is 71.9 Å². The van der Waals surface area contributed by atoms with E-state index in [1.54, 1.807) is 45.9 Å². The molecule has 2 amide bonds. The molecule has 6 aliphatic rings. The number of carbonyl (C=O) groups excluding carboxylic acids is 8. The van der Waals surface area contributed by atoms with Gasteiger partial charge in [0, 0.05) is 74.9 Å². The van der Waals surface area contributed by atoms with Crippen LogP contribution in [0.3, 0.4) is 0 Å². The number of allylic oxidation sites excluding steroid dienone is 3. The number of nitrogens with zero attached hydrogens (tertiary/aromatic N) is 1. The maximum absolute atomic E-state index is 14.2. The van der Waals surface area contributed by atoms with E-state index >= 15 is 0 Å². The zero-order chi connectivity index (χ0) is 58.7.